The predicted molar refractivity (Wildman–Crippen MR) is 79.0 cm³/mol. The minimum Gasteiger partial charge on any atom is -0.465 e. The minimum absolute atomic E-state index is 0.0123. The smallest absolute Gasteiger partial charge is 0.337 e. The van der Waals surface area contributed by atoms with Crippen LogP contribution in [-0.4, -0.2) is 25.5 Å². The van der Waals surface area contributed by atoms with Crippen LogP contribution in [0.25, 0.3) is 0 Å². The summed E-state index contributed by atoms with van der Waals surface area (Å²) in [5, 5.41) is 3.42. The summed E-state index contributed by atoms with van der Waals surface area (Å²) < 4.78 is 31.9. The van der Waals surface area contributed by atoms with Gasteiger partial charge in [0.15, 0.2) is 0 Å². The molecule has 3 rings (SSSR count). The molecule has 2 atom stereocenters. The Hall–Kier alpha value is -1.49. The van der Waals surface area contributed by atoms with Gasteiger partial charge in [-0.1, -0.05) is 12.1 Å². The van der Waals surface area contributed by atoms with Crippen molar-refractivity contribution in [3.05, 3.63) is 35.4 Å². The third-order valence-electron chi connectivity index (χ3n) is 5.07. The van der Waals surface area contributed by atoms with Crippen molar-refractivity contribution < 1.29 is 18.3 Å². The van der Waals surface area contributed by atoms with Crippen molar-refractivity contribution in [1.82, 2.24) is 5.32 Å². The van der Waals surface area contributed by atoms with Gasteiger partial charge in [-0.3, -0.25) is 0 Å². The lowest BCUT2D eigenvalue weighted by Crippen LogP contribution is -2.38. The van der Waals surface area contributed by atoms with E-state index in [9.17, 15) is 13.6 Å². The first kappa shape index (κ1) is 15.4. The summed E-state index contributed by atoms with van der Waals surface area (Å²) in [7, 11) is 1.35. The summed E-state index contributed by atoms with van der Waals surface area (Å²) in [6, 6.07) is 7.31. The summed E-state index contributed by atoms with van der Waals surface area (Å²) in [4.78, 5) is 11.5. The first-order chi connectivity index (χ1) is 10.4. The van der Waals surface area contributed by atoms with Gasteiger partial charge in [-0.2, -0.15) is 0 Å². The van der Waals surface area contributed by atoms with Crippen LogP contribution in [0.15, 0.2) is 24.3 Å². The molecule has 0 bridgehead atoms. The van der Waals surface area contributed by atoms with Gasteiger partial charge in [0.25, 0.3) is 0 Å². The number of piperidine rings is 1. The van der Waals surface area contributed by atoms with Gasteiger partial charge in [-0.05, 0) is 48.9 Å². The molecule has 22 heavy (non-hydrogen) atoms. The number of halogens is 2. The lowest BCUT2D eigenvalue weighted by atomic mass is 9.73. The molecule has 1 saturated heterocycles. The molecule has 1 N–H and O–H groups in total. The second-order valence-electron chi connectivity index (χ2n) is 6.61. The summed E-state index contributed by atoms with van der Waals surface area (Å²) in [5.74, 6) is -2.87. The molecule has 5 heteroatoms. The number of carbonyl (C=O) groups excluding carboxylic acids is 1. The first-order valence-electron chi connectivity index (χ1n) is 7.73. The second-order valence-corrected chi connectivity index (χ2v) is 6.61. The summed E-state index contributed by atoms with van der Waals surface area (Å²) in [6.45, 7) is 0.763. The summed E-state index contributed by atoms with van der Waals surface area (Å²) >= 11 is 0. The van der Waals surface area contributed by atoms with Crippen LogP contribution < -0.4 is 5.32 Å². The van der Waals surface area contributed by atoms with Crippen LogP contribution in [0.2, 0.25) is 0 Å². The van der Waals surface area contributed by atoms with E-state index in [0.29, 0.717) is 12.0 Å². The maximum atomic E-state index is 13.6. The molecule has 1 aliphatic carbocycles. The van der Waals surface area contributed by atoms with E-state index in [2.05, 4.69) is 10.1 Å². The Morgan fingerprint density at radius 3 is 2.55 bits per heavy atom. The van der Waals surface area contributed by atoms with Gasteiger partial charge in [0.1, 0.15) is 0 Å². The molecule has 0 unspecified atom stereocenters. The van der Waals surface area contributed by atoms with E-state index in [4.69, 9.17) is 0 Å². The molecule has 0 amide bonds. The van der Waals surface area contributed by atoms with Crippen molar-refractivity contribution in [2.45, 2.75) is 44.1 Å². The molecular formula is C17H21F2NO2. The number of esters is 1. The molecule has 3 nitrogen and oxygen atoms in total. The Morgan fingerprint density at radius 2 is 1.95 bits per heavy atom. The van der Waals surface area contributed by atoms with Crippen molar-refractivity contribution in [2.24, 2.45) is 5.41 Å². The van der Waals surface area contributed by atoms with E-state index in [1.54, 1.807) is 12.1 Å². The van der Waals surface area contributed by atoms with Gasteiger partial charge >= 0.3 is 5.97 Å². The fraction of sp³-hybridized carbons (Fsp3) is 0.588. The standard InChI is InChI=1S/C17H21F2NO2/c1-22-15(21)13-4-2-12(3-5-13)14-10-16(8-9-20-14)6-7-17(18,19)11-16/h2-5,14,20H,6-11H2,1H3/t14-,16-/m0/s1. The van der Waals surface area contributed by atoms with E-state index < -0.39 is 5.92 Å². The number of hydrogen-bond acceptors (Lipinski definition) is 3. The van der Waals surface area contributed by atoms with E-state index in [0.717, 1.165) is 24.9 Å². The molecule has 1 aromatic rings. The molecule has 2 aliphatic rings. The highest BCUT2D eigenvalue weighted by molar-refractivity contribution is 5.89. The van der Waals surface area contributed by atoms with Gasteiger partial charge in [0, 0.05) is 18.9 Å². The van der Waals surface area contributed by atoms with Crippen molar-refractivity contribution in [2.75, 3.05) is 13.7 Å². The summed E-state index contributed by atoms with van der Waals surface area (Å²) in [6.07, 6.45) is 2.19. The monoisotopic (exact) mass is 309 g/mol. The van der Waals surface area contributed by atoms with Crippen molar-refractivity contribution in [3.63, 3.8) is 0 Å². The molecule has 120 valence electrons. The number of ether oxygens (including phenoxy) is 1. The Kier molecular flexibility index (Phi) is 3.93. The zero-order valence-corrected chi connectivity index (χ0v) is 12.7. The minimum atomic E-state index is -2.50. The molecule has 1 aliphatic heterocycles. The van der Waals surface area contributed by atoms with Crippen molar-refractivity contribution >= 4 is 5.97 Å². The van der Waals surface area contributed by atoms with Crippen molar-refractivity contribution in [1.29, 1.82) is 0 Å². The normalized spacial score (nSPS) is 30.4. The number of nitrogens with one attached hydrogen (secondary N) is 1. The predicted octanol–water partition coefficient (Wildman–Crippen LogP) is 3.70. The van der Waals surface area contributed by atoms with E-state index in [1.807, 2.05) is 12.1 Å². The third kappa shape index (κ3) is 3.00. The van der Waals surface area contributed by atoms with Gasteiger partial charge in [0.05, 0.1) is 12.7 Å². The van der Waals surface area contributed by atoms with Crippen LogP contribution in [0, 0.1) is 5.41 Å². The highest BCUT2D eigenvalue weighted by atomic mass is 19.3. The Morgan fingerprint density at radius 1 is 1.23 bits per heavy atom. The van der Waals surface area contributed by atoms with Crippen molar-refractivity contribution in [3.8, 4) is 0 Å². The lowest BCUT2D eigenvalue weighted by molar-refractivity contribution is -0.00992. The van der Waals surface area contributed by atoms with E-state index >= 15 is 0 Å². The lowest BCUT2D eigenvalue weighted by Gasteiger charge is -2.39. The van der Waals surface area contributed by atoms with Gasteiger partial charge in [0.2, 0.25) is 5.92 Å². The maximum Gasteiger partial charge on any atom is 0.337 e. The Labute approximate surface area is 129 Å². The fourth-order valence-corrected chi connectivity index (χ4v) is 3.88. The number of benzene rings is 1. The summed E-state index contributed by atoms with van der Waals surface area (Å²) in [5.41, 5.74) is 1.31. The molecule has 1 spiro atoms. The van der Waals surface area contributed by atoms with Crippen LogP contribution in [0.5, 0.6) is 0 Å². The van der Waals surface area contributed by atoms with Crippen LogP contribution in [-0.2, 0) is 4.74 Å². The SMILES string of the molecule is COC(=O)c1ccc([C@@H]2C[C@@]3(CCN2)CCC(F)(F)C3)cc1. The average Bonchev–Trinajstić information content (AvgIpc) is 2.81. The molecule has 1 heterocycles. The largest absolute Gasteiger partial charge is 0.465 e. The molecular weight excluding hydrogens is 288 g/mol. The number of alkyl halides is 2. The van der Waals surface area contributed by atoms with Gasteiger partial charge < -0.3 is 10.1 Å². The number of rotatable bonds is 2. The molecule has 2 fully saturated rings. The third-order valence-corrected chi connectivity index (χ3v) is 5.07. The zero-order valence-electron chi connectivity index (χ0n) is 12.7. The zero-order chi connectivity index (χ0) is 15.8. The molecule has 0 aromatic heterocycles. The number of hydrogen-bond donors (Lipinski definition) is 1. The Balaban J connectivity index is 1.74. The maximum absolute atomic E-state index is 13.6. The van der Waals surface area contributed by atoms with E-state index in [-0.39, 0.29) is 30.3 Å². The quantitative estimate of drug-likeness (QED) is 0.847. The average molecular weight is 309 g/mol. The highest BCUT2D eigenvalue weighted by Crippen LogP contribution is 2.54. The topological polar surface area (TPSA) is 38.3 Å². The fourth-order valence-electron chi connectivity index (χ4n) is 3.88. The van der Waals surface area contributed by atoms with Gasteiger partial charge in [-0.15, -0.1) is 0 Å². The van der Waals surface area contributed by atoms with Crippen LogP contribution in [0.3, 0.4) is 0 Å². The molecule has 1 aromatic carbocycles. The van der Waals surface area contributed by atoms with E-state index in [1.165, 1.54) is 7.11 Å². The number of methoxy groups -OCH3 is 1. The molecule has 1 saturated carbocycles. The first-order valence-corrected chi connectivity index (χ1v) is 7.73. The van der Waals surface area contributed by atoms with Crippen LogP contribution >= 0.6 is 0 Å². The highest BCUT2D eigenvalue weighted by Gasteiger charge is 2.50. The van der Waals surface area contributed by atoms with Gasteiger partial charge in [-0.25, -0.2) is 13.6 Å². The molecule has 0 radical (unpaired) electrons. The van der Waals surface area contributed by atoms with Crippen LogP contribution in [0.4, 0.5) is 8.78 Å². The number of carbonyl (C=O) groups is 1. The Bertz CT molecular complexity index is 558. The van der Waals surface area contributed by atoms with Crippen LogP contribution in [0.1, 0.15) is 54.1 Å². The second kappa shape index (κ2) is 5.61.